The van der Waals surface area contributed by atoms with Crippen LogP contribution in [0, 0.1) is 11.8 Å². The Morgan fingerprint density at radius 2 is 2.15 bits per heavy atom. The molecule has 0 saturated carbocycles. The molecule has 2 aromatic rings. The predicted molar refractivity (Wildman–Crippen MR) is 101 cm³/mol. The fraction of sp³-hybridized carbons (Fsp3) is 0.550. The van der Waals surface area contributed by atoms with Crippen LogP contribution in [0.1, 0.15) is 61.1 Å². The summed E-state index contributed by atoms with van der Waals surface area (Å²) >= 11 is 0. The summed E-state index contributed by atoms with van der Waals surface area (Å²) in [5.74, 6) is 1.02. The Labute approximate surface area is 154 Å². The minimum absolute atomic E-state index is 0.0982. The van der Waals surface area contributed by atoms with Crippen molar-refractivity contribution in [3.63, 3.8) is 0 Å². The summed E-state index contributed by atoms with van der Waals surface area (Å²) in [7, 11) is 0. The van der Waals surface area contributed by atoms with Crippen molar-refractivity contribution in [3.8, 4) is 0 Å². The number of nitrogens with one attached hydrogen (secondary N) is 1. The van der Waals surface area contributed by atoms with E-state index in [1.807, 2.05) is 23.1 Å². The smallest absolute Gasteiger partial charge is 0.290 e. The van der Waals surface area contributed by atoms with E-state index >= 15 is 0 Å². The molecule has 6 heteroatoms. The zero-order valence-electron chi connectivity index (χ0n) is 15.9. The molecule has 1 unspecified atom stereocenters. The number of hydrogen-bond acceptors (Lipinski definition) is 3. The zero-order valence-corrected chi connectivity index (χ0v) is 15.9. The molecule has 6 nitrogen and oxygen atoms in total. The van der Waals surface area contributed by atoms with E-state index in [1.54, 1.807) is 10.6 Å². The number of fused-ring (bicyclic) bond motifs is 1. The van der Waals surface area contributed by atoms with Crippen LogP contribution in [0.4, 0.5) is 0 Å². The highest BCUT2D eigenvalue weighted by Crippen LogP contribution is 2.20. The molecule has 1 aliphatic heterocycles. The van der Waals surface area contributed by atoms with Gasteiger partial charge in [0.1, 0.15) is 0 Å². The standard InChI is InChI=1S/C20H28N4O2/c1-14(2)9-10-21-19(25)17-16-8-4-5-12-24(16)18(22-17)20(26)23-11-6-7-15(3)13-23/h4-5,8,12,14-15H,6-7,9-11,13H2,1-3H3,(H,21,25). The fourth-order valence-corrected chi connectivity index (χ4v) is 3.43. The molecular formula is C20H28N4O2. The van der Waals surface area contributed by atoms with Gasteiger partial charge in [0, 0.05) is 25.8 Å². The van der Waals surface area contributed by atoms with E-state index in [1.165, 1.54) is 0 Å². The van der Waals surface area contributed by atoms with Gasteiger partial charge in [0.25, 0.3) is 11.8 Å². The minimum atomic E-state index is -0.222. The Morgan fingerprint density at radius 1 is 1.35 bits per heavy atom. The first kappa shape index (κ1) is 18.4. The van der Waals surface area contributed by atoms with Gasteiger partial charge in [-0.2, -0.15) is 0 Å². The number of rotatable bonds is 5. The molecule has 1 aliphatic rings. The van der Waals surface area contributed by atoms with Crippen LogP contribution in [0.2, 0.25) is 0 Å². The van der Waals surface area contributed by atoms with Gasteiger partial charge in [-0.1, -0.05) is 26.8 Å². The van der Waals surface area contributed by atoms with Crippen LogP contribution in [0.5, 0.6) is 0 Å². The summed E-state index contributed by atoms with van der Waals surface area (Å²) in [5.41, 5.74) is 0.991. The highest BCUT2D eigenvalue weighted by Gasteiger charge is 2.27. The molecule has 26 heavy (non-hydrogen) atoms. The SMILES string of the molecule is CC(C)CCNC(=O)c1nc(C(=O)N2CCCC(C)C2)n2ccccc12. The van der Waals surface area contributed by atoms with Crippen molar-refractivity contribution in [2.24, 2.45) is 11.8 Å². The second kappa shape index (κ2) is 7.89. The van der Waals surface area contributed by atoms with Crippen LogP contribution < -0.4 is 5.32 Å². The van der Waals surface area contributed by atoms with Crippen LogP contribution in [-0.4, -0.2) is 45.7 Å². The van der Waals surface area contributed by atoms with Gasteiger partial charge in [0.05, 0.1) is 5.52 Å². The highest BCUT2D eigenvalue weighted by atomic mass is 16.2. The Morgan fingerprint density at radius 3 is 2.88 bits per heavy atom. The number of pyridine rings is 1. The van der Waals surface area contributed by atoms with E-state index in [2.05, 4.69) is 31.1 Å². The van der Waals surface area contributed by atoms with E-state index in [4.69, 9.17) is 0 Å². The number of likely N-dealkylation sites (tertiary alicyclic amines) is 1. The van der Waals surface area contributed by atoms with Gasteiger partial charge < -0.3 is 10.2 Å². The van der Waals surface area contributed by atoms with Crippen molar-refractivity contribution >= 4 is 17.3 Å². The highest BCUT2D eigenvalue weighted by molar-refractivity contribution is 6.02. The van der Waals surface area contributed by atoms with Crippen molar-refractivity contribution in [1.29, 1.82) is 0 Å². The molecule has 0 bridgehead atoms. The second-order valence-corrected chi connectivity index (χ2v) is 7.68. The number of piperidine rings is 1. The molecule has 0 radical (unpaired) electrons. The zero-order chi connectivity index (χ0) is 18.7. The van der Waals surface area contributed by atoms with E-state index in [0.717, 1.165) is 32.4 Å². The van der Waals surface area contributed by atoms with Crippen molar-refractivity contribution in [3.05, 3.63) is 35.9 Å². The van der Waals surface area contributed by atoms with E-state index < -0.39 is 0 Å². The van der Waals surface area contributed by atoms with Crippen molar-refractivity contribution in [2.75, 3.05) is 19.6 Å². The minimum Gasteiger partial charge on any atom is -0.351 e. The van der Waals surface area contributed by atoms with Crippen LogP contribution in [0.15, 0.2) is 24.4 Å². The molecule has 0 spiro atoms. The van der Waals surface area contributed by atoms with Crippen molar-refractivity contribution in [2.45, 2.75) is 40.0 Å². The largest absolute Gasteiger partial charge is 0.351 e. The second-order valence-electron chi connectivity index (χ2n) is 7.68. The monoisotopic (exact) mass is 356 g/mol. The van der Waals surface area contributed by atoms with E-state index in [-0.39, 0.29) is 11.8 Å². The molecule has 1 saturated heterocycles. The average molecular weight is 356 g/mol. The van der Waals surface area contributed by atoms with Crippen LogP contribution >= 0.6 is 0 Å². The molecule has 1 N–H and O–H groups in total. The summed E-state index contributed by atoms with van der Waals surface area (Å²) in [6.45, 7) is 8.51. The number of carbonyl (C=O) groups excluding carboxylic acids is 2. The molecule has 2 aromatic heterocycles. The lowest BCUT2D eigenvalue weighted by Crippen LogP contribution is -2.40. The van der Waals surface area contributed by atoms with Gasteiger partial charge in [-0.05, 0) is 43.2 Å². The molecule has 0 aromatic carbocycles. The third-order valence-corrected chi connectivity index (χ3v) is 4.91. The quantitative estimate of drug-likeness (QED) is 0.896. The van der Waals surface area contributed by atoms with Gasteiger partial charge >= 0.3 is 0 Å². The van der Waals surface area contributed by atoms with Crippen LogP contribution in [0.25, 0.3) is 5.52 Å². The Bertz CT molecular complexity index is 796. The summed E-state index contributed by atoms with van der Waals surface area (Å²) in [6, 6.07) is 5.55. The maximum atomic E-state index is 13.0. The third-order valence-electron chi connectivity index (χ3n) is 4.91. The summed E-state index contributed by atoms with van der Waals surface area (Å²) in [6.07, 6.45) is 4.87. The Kier molecular flexibility index (Phi) is 5.59. The molecule has 0 aliphatic carbocycles. The number of aromatic nitrogens is 2. The van der Waals surface area contributed by atoms with Gasteiger partial charge in [-0.15, -0.1) is 0 Å². The summed E-state index contributed by atoms with van der Waals surface area (Å²) < 4.78 is 1.74. The number of carbonyl (C=O) groups is 2. The number of amides is 2. The normalized spacial score (nSPS) is 17.7. The Hall–Kier alpha value is -2.37. The first-order valence-electron chi connectivity index (χ1n) is 9.52. The molecule has 1 fully saturated rings. The van der Waals surface area contributed by atoms with Gasteiger partial charge in [-0.3, -0.25) is 14.0 Å². The maximum absolute atomic E-state index is 13.0. The number of imidazole rings is 1. The predicted octanol–water partition coefficient (Wildman–Crippen LogP) is 2.98. The lowest BCUT2D eigenvalue weighted by molar-refractivity contribution is 0.0670. The summed E-state index contributed by atoms with van der Waals surface area (Å²) in [4.78, 5) is 31.9. The molecule has 3 heterocycles. The molecule has 140 valence electrons. The van der Waals surface area contributed by atoms with Crippen molar-refractivity contribution in [1.82, 2.24) is 19.6 Å². The topological polar surface area (TPSA) is 66.7 Å². The summed E-state index contributed by atoms with van der Waals surface area (Å²) in [5, 5.41) is 2.92. The molecular weight excluding hydrogens is 328 g/mol. The lowest BCUT2D eigenvalue weighted by Gasteiger charge is -2.30. The third kappa shape index (κ3) is 3.89. The van der Waals surface area contributed by atoms with Crippen LogP contribution in [-0.2, 0) is 0 Å². The number of hydrogen-bond donors (Lipinski definition) is 1. The number of nitrogens with zero attached hydrogens (tertiary/aromatic N) is 3. The lowest BCUT2D eigenvalue weighted by atomic mass is 10.0. The first-order chi connectivity index (χ1) is 12.5. The molecule has 3 rings (SSSR count). The molecule has 2 amide bonds. The average Bonchev–Trinajstić information content (AvgIpc) is 3.00. The van der Waals surface area contributed by atoms with Crippen molar-refractivity contribution < 1.29 is 9.59 Å². The first-order valence-corrected chi connectivity index (χ1v) is 9.52. The fourth-order valence-electron chi connectivity index (χ4n) is 3.43. The van der Waals surface area contributed by atoms with Gasteiger partial charge in [0.15, 0.2) is 5.69 Å². The molecule has 1 atom stereocenters. The Balaban J connectivity index is 1.87. The van der Waals surface area contributed by atoms with E-state index in [9.17, 15) is 9.59 Å². The van der Waals surface area contributed by atoms with E-state index in [0.29, 0.717) is 35.4 Å². The maximum Gasteiger partial charge on any atom is 0.290 e. The van der Waals surface area contributed by atoms with Gasteiger partial charge in [0.2, 0.25) is 5.82 Å². The van der Waals surface area contributed by atoms with Gasteiger partial charge in [-0.25, -0.2) is 4.98 Å². The van der Waals surface area contributed by atoms with Crippen LogP contribution in [0.3, 0.4) is 0 Å².